The van der Waals surface area contributed by atoms with Crippen LogP contribution in [0, 0.1) is 5.41 Å². The Morgan fingerprint density at radius 3 is 2.52 bits per heavy atom. The van der Waals surface area contributed by atoms with Crippen molar-refractivity contribution in [2.45, 2.75) is 70.4 Å². The van der Waals surface area contributed by atoms with Crippen molar-refractivity contribution < 1.29 is 14.7 Å². The number of amides is 1. The van der Waals surface area contributed by atoms with Gasteiger partial charge in [-0.2, -0.15) is 0 Å². The van der Waals surface area contributed by atoms with Crippen LogP contribution in [0.15, 0.2) is 0 Å². The van der Waals surface area contributed by atoms with Gasteiger partial charge in [-0.1, -0.05) is 12.8 Å². The summed E-state index contributed by atoms with van der Waals surface area (Å²) >= 11 is 0. The predicted molar refractivity (Wildman–Crippen MR) is 81.0 cm³/mol. The van der Waals surface area contributed by atoms with Crippen molar-refractivity contribution in [3.05, 3.63) is 0 Å². The van der Waals surface area contributed by atoms with Gasteiger partial charge in [0.25, 0.3) is 0 Å². The molecule has 0 bridgehead atoms. The first-order chi connectivity index (χ1) is 9.90. The topological polar surface area (TPSA) is 69.6 Å². The zero-order valence-electron chi connectivity index (χ0n) is 13.2. The second kappa shape index (κ2) is 6.77. The number of piperidine rings is 1. The molecule has 1 amide bonds. The minimum Gasteiger partial charge on any atom is -0.481 e. The van der Waals surface area contributed by atoms with Gasteiger partial charge in [-0.05, 0) is 45.1 Å². The third kappa shape index (κ3) is 4.43. The van der Waals surface area contributed by atoms with Gasteiger partial charge >= 0.3 is 5.97 Å². The monoisotopic (exact) mass is 296 g/mol. The number of nitrogens with one attached hydrogen (secondary N) is 1. The lowest BCUT2D eigenvalue weighted by Gasteiger charge is -2.36. The Balaban J connectivity index is 1.86. The second-order valence-corrected chi connectivity index (χ2v) is 7.07. The molecule has 0 aromatic rings. The molecule has 0 aromatic heterocycles. The lowest BCUT2D eigenvalue weighted by molar-refractivity contribution is -0.140. The van der Waals surface area contributed by atoms with Crippen LogP contribution in [-0.4, -0.2) is 47.6 Å². The molecule has 120 valence electrons. The third-order valence-electron chi connectivity index (χ3n) is 5.30. The van der Waals surface area contributed by atoms with Gasteiger partial charge in [-0.3, -0.25) is 9.59 Å². The number of carbonyl (C=O) groups excluding carboxylic acids is 1. The van der Waals surface area contributed by atoms with E-state index < -0.39 is 5.97 Å². The van der Waals surface area contributed by atoms with Crippen LogP contribution in [0.3, 0.4) is 0 Å². The van der Waals surface area contributed by atoms with Crippen molar-refractivity contribution in [1.29, 1.82) is 0 Å². The van der Waals surface area contributed by atoms with Gasteiger partial charge in [-0.25, -0.2) is 0 Å². The highest BCUT2D eigenvalue weighted by Crippen LogP contribution is 2.44. The molecule has 2 atom stereocenters. The largest absolute Gasteiger partial charge is 0.481 e. The number of likely N-dealkylation sites (tertiary alicyclic amines) is 1. The maximum Gasteiger partial charge on any atom is 0.303 e. The molecule has 1 aliphatic carbocycles. The molecule has 5 heteroatoms. The van der Waals surface area contributed by atoms with E-state index in [2.05, 4.69) is 24.2 Å². The van der Waals surface area contributed by atoms with Gasteiger partial charge < -0.3 is 15.3 Å². The maximum absolute atomic E-state index is 12.3. The lowest BCUT2D eigenvalue weighted by atomic mass is 9.79. The average Bonchev–Trinajstić information content (AvgIpc) is 2.80. The van der Waals surface area contributed by atoms with Crippen LogP contribution < -0.4 is 5.32 Å². The van der Waals surface area contributed by atoms with Crippen molar-refractivity contribution in [1.82, 2.24) is 10.2 Å². The van der Waals surface area contributed by atoms with Crippen LogP contribution in [0.1, 0.15) is 58.3 Å². The van der Waals surface area contributed by atoms with Crippen molar-refractivity contribution in [3.63, 3.8) is 0 Å². The van der Waals surface area contributed by atoms with Gasteiger partial charge in [0.1, 0.15) is 0 Å². The summed E-state index contributed by atoms with van der Waals surface area (Å²) in [6, 6.07) is 0.732. The number of rotatable bonds is 5. The molecule has 0 aromatic carbocycles. The Kier molecular flexibility index (Phi) is 5.25. The van der Waals surface area contributed by atoms with Gasteiger partial charge in [0, 0.05) is 25.0 Å². The fourth-order valence-corrected chi connectivity index (χ4v) is 3.90. The van der Waals surface area contributed by atoms with E-state index in [1.165, 1.54) is 0 Å². The van der Waals surface area contributed by atoms with E-state index >= 15 is 0 Å². The Bertz CT molecular complexity index is 391. The molecule has 1 saturated heterocycles. The standard InChI is InChI=1S/C16H28N2O3/c1-12-9-13(5-8-18(12)2)17-14(19)10-16(11-15(20)21)6-3-4-7-16/h12-13H,3-11H2,1-2H3,(H,17,19)(H,20,21). The molecule has 2 fully saturated rings. The minimum atomic E-state index is -0.780. The number of hydrogen-bond donors (Lipinski definition) is 2. The SMILES string of the molecule is CC1CC(NC(=O)CC2(CC(=O)O)CCCC2)CCN1C. The second-order valence-electron chi connectivity index (χ2n) is 7.07. The molecule has 1 aliphatic heterocycles. The highest BCUT2D eigenvalue weighted by Gasteiger charge is 2.38. The Morgan fingerprint density at radius 2 is 1.95 bits per heavy atom. The smallest absolute Gasteiger partial charge is 0.303 e. The molecule has 21 heavy (non-hydrogen) atoms. The Hall–Kier alpha value is -1.10. The molecular weight excluding hydrogens is 268 g/mol. The van der Waals surface area contributed by atoms with Crippen LogP contribution >= 0.6 is 0 Å². The summed E-state index contributed by atoms with van der Waals surface area (Å²) in [5, 5.41) is 12.2. The highest BCUT2D eigenvalue weighted by molar-refractivity contribution is 5.78. The van der Waals surface area contributed by atoms with Gasteiger partial charge in [0.05, 0.1) is 6.42 Å². The summed E-state index contributed by atoms with van der Waals surface area (Å²) in [6.45, 7) is 3.19. The van der Waals surface area contributed by atoms with Gasteiger partial charge in [0.15, 0.2) is 0 Å². The van der Waals surface area contributed by atoms with Crippen molar-refractivity contribution in [2.75, 3.05) is 13.6 Å². The first-order valence-corrected chi connectivity index (χ1v) is 8.12. The molecule has 1 saturated carbocycles. The fraction of sp³-hybridized carbons (Fsp3) is 0.875. The molecule has 1 heterocycles. The van der Waals surface area contributed by atoms with Crippen molar-refractivity contribution in [2.24, 2.45) is 5.41 Å². The molecule has 0 radical (unpaired) electrons. The summed E-state index contributed by atoms with van der Waals surface area (Å²) < 4.78 is 0. The molecule has 2 aliphatic rings. The number of carboxylic acids is 1. The number of hydrogen-bond acceptors (Lipinski definition) is 3. The van der Waals surface area contributed by atoms with E-state index in [9.17, 15) is 9.59 Å². The van der Waals surface area contributed by atoms with E-state index in [1.54, 1.807) is 0 Å². The van der Waals surface area contributed by atoms with Crippen LogP contribution in [-0.2, 0) is 9.59 Å². The predicted octanol–water partition coefficient (Wildman–Crippen LogP) is 2.01. The summed E-state index contributed by atoms with van der Waals surface area (Å²) in [6.07, 6.45) is 6.31. The Morgan fingerprint density at radius 1 is 1.29 bits per heavy atom. The molecule has 2 rings (SSSR count). The summed E-state index contributed by atoms with van der Waals surface area (Å²) in [5.74, 6) is -0.738. The van der Waals surface area contributed by atoms with E-state index in [0.29, 0.717) is 12.5 Å². The molecule has 2 N–H and O–H groups in total. The zero-order valence-corrected chi connectivity index (χ0v) is 13.2. The summed E-state index contributed by atoms with van der Waals surface area (Å²) in [7, 11) is 2.11. The Labute approximate surface area is 127 Å². The van der Waals surface area contributed by atoms with E-state index in [0.717, 1.165) is 45.1 Å². The summed E-state index contributed by atoms with van der Waals surface area (Å²) in [4.78, 5) is 25.7. The lowest BCUT2D eigenvalue weighted by Crippen LogP contribution is -2.48. The van der Waals surface area contributed by atoms with Crippen LogP contribution in [0.25, 0.3) is 0 Å². The highest BCUT2D eigenvalue weighted by atomic mass is 16.4. The fourth-order valence-electron chi connectivity index (χ4n) is 3.90. The molecular formula is C16H28N2O3. The maximum atomic E-state index is 12.3. The average molecular weight is 296 g/mol. The number of aliphatic carboxylic acids is 1. The zero-order chi connectivity index (χ0) is 15.5. The normalized spacial score (nSPS) is 29.2. The summed E-state index contributed by atoms with van der Waals surface area (Å²) in [5.41, 5.74) is -0.299. The van der Waals surface area contributed by atoms with Crippen LogP contribution in [0.2, 0.25) is 0 Å². The minimum absolute atomic E-state index is 0.0416. The van der Waals surface area contributed by atoms with Crippen LogP contribution in [0.4, 0.5) is 0 Å². The van der Waals surface area contributed by atoms with Gasteiger partial charge in [0.2, 0.25) is 5.91 Å². The van der Waals surface area contributed by atoms with E-state index in [1.807, 2.05) is 0 Å². The first kappa shape index (κ1) is 16.3. The van der Waals surface area contributed by atoms with Gasteiger partial charge in [-0.15, -0.1) is 0 Å². The number of nitrogens with zero attached hydrogens (tertiary/aromatic N) is 1. The molecule has 5 nitrogen and oxygen atoms in total. The van der Waals surface area contributed by atoms with Crippen molar-refractivity contribution >= 4 is 11.9 Å². The third-order valence-corrected chi connectivity index (χ3v) is 5.30. The number of carboxylic acid groups (broad SMARTS) is 1. The van der Waals surface area contributed by atoms with Crippen molar-refractivity contribution in [3.8, 4) is 0 Å². The van der Waals surface area contributed by atoms with E-state index in [-0.39, 0.29) is 23.8 Å². The number of carbonyl (C=O) groups is 2. The quantitative estimate of drug-likeness (QED) is 0.814. The van der Waals surface area contributed by atoms with Crippen LogP contribution in [0.5, 0.6) is 0 Å². The molecule has 2 unspecified atom stereocenters. The van der Waals surface area contributed by atoms with E-state index in [4.69, 9.17) is 5.11 Å². The first-order valence-electron chi connectivity index (χ1n) is 8.12. The molecule has 0 spiro atoms.